The van der Waals surface area contributed by atoms with Crippen LogP contribution in [0.1, 0.15) is 11.1 Å². The Morgan fingerprint density at radius 3 is 1.88 bits per heavy atom. The largest absolute Gasteiger partial charge is 0.265 e. The van der Waals surface area contributed by atoms with Crippen LogP contribution >= 0.6 is 23.7 Å². The number of hydrogen-bond acceptors (Lipinski definition) is 2. The van der Waals surface area contributed by atoms with Crippen LogP contribution in [0.5, 0.6) is 0 Å². The van der Waals surface area contributed by atoms with Crippen molar-refractivity contribution in [2.45, 2.75) is 6.42 Å². The second kappa shape index (κ2) is 10.6. The molecule has 0 spiro atoms. The third kappa shape index (κ3) is 7.37. The van der Waals surface area contributed by atoms with Gasteiger partial charge in [-0.2, -0.15) is 3.84 Å². The van der Waals surface area contributed by atoms with Crippen molar-refractivity contribution in [3.05, 3.63) is 66.0 Å². The molecule has 0 aliphatic rings. The molecule has 0 aliphatic carbocycles. The van der Waals surface area contributed by atoms with Crippen molar-refractivity contribution in [3.8, 4) is 0 Å². The maximum absolute atomic E-state index is 4.26. The van der Waals surface area contributed by atoms with Crippen LogP contribution in [-0.4, -0.2) is 22.1 Å². The molecule has 0 atom stereocenters. The summed E-state index contributed by atoms with van der Waals surface area (Å²) in [4.78, 5) is 3.99. The standard InChI is InChI=1S/C12H11N.Cl2O.H2Se/c1-2-4-11(5-3-1)10-12-6-8-13-9-7-12;1-3-2;/h1-9H,10H2;;1H2. The minimum absolute atomic E-state index is 0. The van der Waals surface area contributed by atoms with Gasteiger partial charge in [0.05, 0.1) is 23.7 Å². The number of rotatable bonds is 2. The van der Waals surface area contributed by atoms with E-state index in [9.17, 15) is 0 Å². The van der Waals surface area contributed by atoms with Crippen molar-refractivity contribution in [1.82, 2.24) is 4.98 Å². The van der Waals surface area contributed by atoms with E-state index in [1.54, 1.807) is 0 Å². The molecule has 0 fully saturated rings. The van der Waals surface area contributed by atoms with E-state index in [1.165, 1.54) is 11.1 Å². The number of aromatic nitrogens is 1. The fraction of sp³-hybridized carbons (Fsp3) is 0.0833. The first kappa shape index (κ1) is 16.4. The Balaban J connectivity index is 0.000000583. The fourth-order valence-corrected chi connectivity index (χ4v) is 1.33. The van der Waals surface area contributed by atoms with Gasteiger partial charge in [0.2, 0.25) is 0 Å². The molecule has 2 nitrogen and oxygen atoms in total. The van der Waals surface area contributed by atoms with Crippen LogP contribution in [0, 0.1) is 0 Å². The molecule has 5 heteroatoms. The third-order valence-electron chi connectivity index (χ3n) is 2.00. The summed E-state index contributed by atoms with van der Waals surface area (Å²) >= 11 is 8.53. The van der Waals surface area contributed by atoms with E-state index in [1.807, 2.05) is 30.6 Å². The van der Waals surface area contributed by atoms with E-state index in [0.29, 0.717) is 0 Å². The number of pyridine rings is 1. The van der Waals surface area contributed by atoms with Crippen LogP contribution in [0.2, 0.25) is 0 Å². The summed E-state index contributed by atoms with van der Waals surface area (Å²) in [5.74, 6) is 0. The van der Waals surface area contributed by atoms with Gasteiger partial charge in [0.25, 0.3) is 0 Å². The molecule has 92 valence electrons. The molecule has 1 aromatic heterocycles. The monoisotopic (exact) mass is 337 g/mol. The molecule has 2 rings (SSSR count). The Kier molecular flexibility index (Phi) is 10.2. The average molecular weight is 337 g/mol. The topological polar surface area (TPSA) is 22.1 Å². The molecule has 2 aromatic rings. The first-order valence-corrected chi connectivity index (χ1v) is 5.30. The van der Waals surface area contributed by atoms with Crippen LogP contribution in [0.3, 0.4) is 0 Å². The van der Waals surface area contributed by atoms with Gasteiger partial charge in [-0.1, -0.05) is 30.3 Å². The predicted molar refractivity (Wildman–Crippen MR) is 74.8 cm³/mol. The number of nitrogens with zero attached hydrogens (tertiary/aromatic N) is 1. The second-order valence-corrected chi connectivity index (χ2v) is 3.54. The van der Waals surface area contributed by atoms with Gasteiger partial charge in [-0.15, -0.1) is 0 Å². The smallest absolute Gasteiger partial charge is 0.0270 e. The maximum atomic E-state index is 4.26. The van der Waals surface area contributed by atoms with Crippen molar-refractivity contribution >= 4 is 40.8 Å². The van der Waals surface area contributed by atoms with E-state index >= 15 is 0 Å². The molecule has 17 heavy (non-hydrogen) atoms. The number of halogens is 2. The summed E-state index contributed by atoms with van der Waals surface area (Å²) in [6.45, 7) is 0. The van der Waals surface area contributed by atoms with Crippen LogP contribution < -0.4 is 0 Å². The summed E-state index contributed by atoms with van der Waals surface area (Å²) in [7, 11) is 0. The zero-order valence-corrected chi connectivity index (χ0v) is 12.6. The average Bonchev–Trinajstić information content (AvgIpc) is 2.33. The van der Waals surface area contributed by atoms with E-state index < -0.39 is 0 Å². The zero-order chi connectivity index (χ0) is 11.6. The minimum Gasteiger partial charge on any atom is -0.265 e. The van der Waals surface area contributed by atoms with Gasteiger partial charge in [0.15, 0.2) is 0 Å². The molecule has 0 saturated heterocycles. The van der Waals surface area contributed by atoms with Crippen molar-refractivity contribution in [3.63, 3.8) is 0 Å². The molecule has 0 aliphatic heterocycles. The summed E-state index contributed by atoms with van der Waals surface area (Å²) in [6, 6.07) is 14.5. The zero-order valence-electron chi connectivity index (χ0n) is 9.01. The van der Waals surface area contributed by atoms with Crippen molar-refractivity contribution in [2.24, 2.45) is 0 Å². The van der Waals surface area contributed by atoms with Gasteiger partial charge >= 0.3 is 17.1 Å². The van der Waals surface area contributed by atoms with Gasteiger partial charge in [-0.25, -0.2) is 0 Å². The van der Waals surface area contributed by atoms with E-state index in [2.05, 4.69) is 56.8 Å². The summed E-state index contributed by atoms with van der Waals surface area (Å²) in [6.07, 6.45) is 4.65. The van der Waals surface area contributed by atoms with Gasteiger partial charge < -0.3 is 0 Å². The van der Waals surface area contributed by atoms with Crippen molar-refractivity contribution in [1.29, 1.82) is 0 Å². The molecule has 0 saturated carbocycles. The number of benzene rings is 1. The maximum Gasteiger partial charge on any atom is 0.0270 e. The normalized spacial score (nSPS) is 8.59. The van der Waals surface area contributed by atoms with Crippen molar-refractivity contribution in [2.75, 3.05) is 0 Å². The Morgan fingerprint density at radius 1 is 0.882 bits per heavy atom. The molecular weight excluding hydrogens is 324 g/mol. The van der Waals surface area contributed by atoms with E-state index in [0.717, 1.165) is 6.42 Å². The van der Waals surface area contributed by atoms with Gasteiger partial charge in [-0.05, 0) is 29.7 Å². The SMILES string of the molecule is ClOCl.[SeH2].c1ccc(Cc2ccncc2)cc1. The number of hydrogen-bond donors (Lipinski definition) is 0. The molecule has 0 unspecified atom stereocenters. The van der Waals surface area contributed by atoms with Crippen molar-refractivity contribution < 1.29 is 3.84 Å². The molecular formula is C12H13Cl2NOSe. The van der Waals surface area contributed by atoms with Crippen LogP contribution in [0.15, 0.2) is 54.9 Å². The van der Waals surface area contributed by atoms with E-state index in [-0.39, 0.29) is 17.1 Å². The Morgan fingerprint density at radius 2 is 1.35 bits per heavy atom. The third-order valence-corrected chi connectivity index (χ3v) is 2.00. The van der Waals surface area contributed by atoms with E-state index in [4.69, 9.17) is 0 Å². The second-order valence-electron chi connectivity index (χ2n) is 3.08. The molecule has 0 bridgehead atoms. The van der Waals surface area contributed by atoms with Crippen LogP contribution in [-0.2, 0) is 10.3 Å². The predicted octanol–water partition coefficient (Wildman–Crippen LogP) is 3.07. The first-order chi connectivity index (χ1) is 7.86. The Bertz CT molecular complexity index is 349. The first-order valence-electron chi connectivity index (χ1n) is 4.69. The molecule has 1 heterocycles. The quantitative estimate of drug-likeness (QED) is 0.786. The fourth-order valence-electron chi connectivity index (χ4n) is 1.33. The Hall–Kier alpha value is -0.571. The van der Waals surface area contributed by atoms with Gasteiger partial charge in [-0.3, -0.25) is 4.98 Å². The summed E-state index contributed by atoms with van der Waals surface area (Å²) in [5.41, 5.74) is 2.65. The molecule has 0 radical (unpaired) electrons. The van der Waals surface area contributed by atoms with Gasteiger partial charge in [0.1, 0.15) is 0 Å². The Labute approximate surface area is 122 Å². The molecule has 1 aromatic carbocycles. The molecule has 0 N–H and O–H groups in total. The van der Waals surface area contributed by atoms with Gasteiger partial charge in [0, 0.05) is 12.4 Å². The van der Waals surface area contributed by atoms with Crippen LogP contribution in [0.25, 0.3) is 0 Å². The minimum atomic E-state index is 0. The van der Waals surface area contributed by atoms with Crippen LogP contribution in [0.4, 0.5) is 0 Å². The summed E-state index contributed by atoms with van der Waals surface area (Å²) in [5, 5.41) is 0. The summed E-state index contributed by atoms with van der Waals surface area (Å²) < 4.78 is 3.19. The molecule has 0 amide bonds.